The molecule has 0 amide bonds. The van der Waals surface area contributed by atoms with Crippen LogP contribution in [0.4, 0.5) is 0 Å². The molecule has 2 aliphatic carbocycles. The molecular formula is C16H28O. The molecule has 4 unspecified atom stereocenters. The van der Waals surface area contributed by atoms with Gasteiger partial charge in [-0.3, -0.25) is 0 Å². The van der Waals surface area contributed by atoms with Crippen LogP contribution in [-0.2, 0) is 0 Å². The molecule has 98 valence electrons. The minimum atomic E-state index is -0.510. The van der Waals surface area contributed by atoms with Crippen molar-refractivity contribution in [3.63, 3.8) is 0 Å². The first-order valence-corrected chi connectivity index (χ1v) is 7.47. The zero-order valence-corrected chi connectivity index (χ0v) is 11.5. The van der Waals surface area contributed by atoms with Crippen molar-refractivity contribution in [2.75, 3.05) is 0 Å². The number of hydrogen-bond acceptors (Lipinski definition) is 1. The average Bonchev–Trinajstić information content (AvgIpc) is 2.97. The lowest BCUT2D eigenvalue weighted by Crippen LogP contribution is -2.37. The molecule has 2 rings (SSSR count). The molecular weight excluding hydrogens is 208 g/mol. The Labute approximate surface area is 106 Å². The lowest BCUT2D eigenvalue weighted by atomic mass is 9.74. The summed E-state index contributed by atoms with van der Waals surface area (Å²) < 4.78 is 0. The van der Waals surface area contributed by atoms with Crippen LogP contribution in [0.15, 0.2) is 12.7 Å². The maximum absolute atomic E-state index is 10.6. The summed E-state index contributed by atoms with van der Waals surface area (Å²) in [5.41, 5.74) is -0.510. The van der Waals surface area contributed by atoms with Crippen molar-refractivity contribution in [1.82, 2.24) is 0 Å². The average molecular weight is 236 g/mol. The van der Waals surface area contributed by atoms with Gasteiger partial charge in [0, 0.05) is 5.92 Å². The molecule has 0 saturated heterocycles. The molecule has 1 nitrogen and oxygen atoms in total. The maximum Gasteiger partial charge on any atom is 0.0704 e. The highest BCUT2D eigenvalue weighted by Gasteiger charge is 2.42. The fourth-order valence-corrected chi connectivity index (χ4v) is 4.30. The molecule has 2 bridgehead atoms. The van der Waals surface area contributed by atoms with Gasteiger partial charge in [-0.15, -0.1) is 6.58 Å². The second-order valence-corrected chi connectivity index (χ2v) is 6.32. The first-order valence-electron chi connectivity index (χ1n) is 7.47. The van der Waals surface area contributed by atoms with Crippen molar-refractivity contribution < 1.29 is 5.11 Å². The number of aliphatic hydroxyl groups is 1. The van der Waals surface area contributed by atoms with Gasteiger partial charge in [0.15, 0.2) is 0 Å². The van der Waals surface area contributed by atoms with Crippen molar-refractivity contribution in [2.45, 2.75) is 64.4 Å². The molecule has 0 radical (unpaired) electrons. The van der Waals surface area contributed by atoms with Gasteiger partial charge in [-0.25, -0.2) is 0 Å². The molecule has 1 N–H and O–H groups in total. The largest absolute Gasteiger partial charge is 0.389 e. The van der Waals surface area contributed by atoms with Gasteiger partial charge in [-0.2, -0.15) is 0 Å². The Bertz CT molecular complexity index is 267. The van der Waals surface area contributed by atoms with Gasteiger partial charge < -0.3 is 5.11 Å². The number of rotatable bonds is 6. The van der Waals surface area contributed by atoms with Gasteiger partial charge in [-0.1, -0.05) is 26.3 Å². The summed E-state index contributed by atoms with van der Waals surface area (Å²) >= 11 is 0. The van der Waals surface area contributed by atoms with Crippen LogP contribution in [0, 0.1) is 23.7 Å². The highest BCUT2D eigenvalue weighted by atomic mass is 16.3. The summed E-state index contributed by atoms with van der Waals surface area (Å²) in [4.78, 5) is 0. The van der Waals surface area contributed by atoms with Crippen LogP contribution in [0.5, 0.6) is 0 Å². The van der Waals surface area contributed by atoms with Crippen LogP contribution in [0.2, 0.25) is 0 Å². The second kappa shape index (κ2) is 5.14. The van der Waals surface area contributed by atoms with E-state index in [1.807, 2.05) is 6.08 Å². The highest BCUT2D eigenvalue weighted by molar-refractivity contribution is 4.99. The van der Waals surface area contributed by atoms with Gasteiger partial charge >= 0.3 is 0 Å². The van der Waals surface area contributed by atoms with Crippen LogP contribution < -0.4 is 0 Å². The van der Waals surface area contributed by atoms with Gasteiger partial charge in [-0.05, 0) is 56.3 Å². The maximum atomic E-state index is 10.6. The van der Waals surface area contributed by atoms with Crippen LogP contribution >= 0.6 is 0 Å². The summed E-state index contributed by atoms with van der Waals surface area (Å²) in [6.45, 7) is 8.16. The minimum Gasteiger partial charge on any atom is -0.389 e. The molecule has 2 aliphatic rings. The van der Waals surface area contributed by atoms with Crippen LogP contribution in [-0.4, -0.2) is 10.7 Å². The Morgan fingerprint density at radius 1 is 1.29 bits per heavy atom. The quantitative estimate of drug-likeness (QED) is 0.686. The highest BCUT2D eigenvalue weighted by Crippen LogP contribution is 2.51. The van der Waals surface area contributed by atoms with Crippen molar-refractivity contribution in [3.8, 4) is 0 Å². The summed E-state index contributed by atoms with van der Waals surface area (Å²) in [6, 6.07) is 0. The Kier molecular flexibility index (Phi) is 3.97. The van der Waals surface area contributed by atoms with E-state index in [2.05, 4.69) is 20.4 Å². The van der Waals surface area contributed by atoms with Gasteiger partial charge in [0.25, 0.3) is 0 Å². The fourth-order valence-electron chi connectivity index (χ4n) is 4.30. The first kappa shape index (κ1) is 13.1. The molecule has 1 heteroatoms. The topological polar surface area (TPSA) is 20.2 Å². The molecule has 17 heavy (non-hydrogen) atoms. The monoisotopic (exact) mass is 236 g/mol. The molecule has 0 aromatic rings. The predicted molar refractivity (Wildman–Crippen MR) is 72.8 cm³/mol. The third kappa shape index (κ3) is 2.45. The standard InChI is InChI=1S/C16H28O/c1-4-15(16(17,5-2)6-3)11-14-10-12-7-8-13(14)9-12/h4,12-15,17H,1,5-11H2,2-3H3. The van der Waals surface area contributed by atoms with Crippen molar-refractivity contribution in [2.24, 2.45) is 23.7 Å². The number of fused-ring (bicyclic) bond motifs is 2. The lowest BCUT2D eigenvalue weighted by molar-refractivity contribution is -0.0187. The van der Waals surface area contributed by atoms with E-state index in [4.69, 9.17) is 0 Å². The Balaban J connectivity index is 1.98. The lowest BCUT2D eigenvalue weighted by Gasteiger charge is -2.36. The van der Waals surface area contributed by atoms with E-state index >= 15 is 0 Å². The van der Waals surface area contributed by atoms with Crippen molar-refractivity contribution in [1.29, 1.82) is 0 Å². The molecule has 0 aromatic heterocycles. The van der Waals surface area contributed by atoms with Gasteiger partial charge in [0.2, 0.25) is 0 Å². The van der Waals surface area contributed by atoms with E-state index in [1.54, 1.807) is 0 Å². The second-order valence-electron chi connectivity index (χ2n) is 6.32. The molecule has 0 heterocycles. The molecule has 0 aromatic carbocycles. The summed E-state index contributed by atoms with van der Waals surface area (Å²) in [5.74, 6) is 3.12. The van der Waals surface area contributed by atoms with Crippen LogP contribution in [0.3, 0.4) is 0 Å². The third-order valence-corrected chi connectivity index (χ3v) is 5.64. The van der Waals surface area contributed by atoms with E-state index < -0.39 is 5.60 Å². The Morgan fingerprint density at radius 2 is 2.00 bits per heavy atom. The van der Waals surface area contributed by atoms with Gasteiger partial charge in [0.1, 0.15) is 0 Å². The zero-order chi connectivity index (χ0) is 12.5. The predicted octanol–water partition coefficient (Wildman–Crippen LogP) is 4.17. The molecule has 4 atom stereocenters. The van der Waals surface area contributed by atoms with E-state index in [0.717, 1.165) is 30.6 Å². The fraction of sp³-hybridized carbons (Fsp3) is 0.875. The minimum absolute atomic E-state index is 0.293. The molecule has 2 fully saturated rings. The summed E-state index contributed by atoms with van der Waals surface area (Å²) in [6.07, 6.45) is 10.7. The zero-order valence-electron chi connectivity index (χ0n) is 11.5. The summed E-state index contributed by atoms with van der Waals surface area (Å²) in [5, 5.41) is 10.6. The summed E-state index contributed by atoms with van der Waals surface area (Å²) in [7, 11) is 0. The van der Waals surface area contributed by atoms with Crippen molar-refractivity contribution in [3.05, 3.63) is 12.7 Å². The number of hydrogen-bond donors (Lipinski definition) is 1. The van der Waals surface area contributed by atoms with E-state index in [-0.39, 0.29) is 0 Å². The Hall–Kier alpha value is -0.300. The normalized spacial score (nSPS) is 33.9. The van der Waals surface area contributed by atoms with Gasteiger partial charge in [0.05, 0.1) is 5.60 Å². The van der Waals surface area contributed by atoms with E-state index in [0.29, 0.717) is 5.92 Å². The molecule has 0 spiro atoms. The third-order valence-electron chi connectivity index (χ3n) is 5.64. The SMILES string of the molecule is C=CC(CC1CC2CCC1C2)C(O)(CC)CC. The molecule has 0 aliphatic heterocycles. The smallest absolute Gasteiger partial charge is 0.0704 e. The molecule has 2 saturated carbocycles. The Morgan fingerprint density at radius 3 is 2.41 bits per heavy atom. The van der Waals surface area contributed by atoms with Crippen LogP contribution in [0.25, 0.3) is 0 Å². The first-order chi connectivity index (χ1) is 8.12. The van der Waals surface area contributed by atoms with Crippen molar-refractivity contribution >= 4 is 0 Å². The van der Waals surface area contributed by atoms with E-state index in [9.17, 15) is 5.11 Å². The van der Waals surface area contributed by atoms with Crippen LogP contribution in [0.1, 0.15) is 58.8 Å². The van der Waals surface area contributed by atoms with E-state index in [1.165, 1.54) is 32.1 Å².